The number of hydrogen-bond acceptors (Lipinski definition) is 3. The summed E-state index contributed by atoms with van der Waals surface area (Å²) in [7, 11) is 0. The quantitative estimate of drug-likeness (QED) is 0.668. The molecule has 0 saturated carbocycles. The first-order valence-electron chi connectivity index (χ1n) is 8.84. The molecule has 3 rings (SSSR count). The van der Waals surface area contributed by atoms with Gasteiger partial charge in [-0.3, -0.25) is 14.9 Å². The van der Waals surface area contributed by atoms with Gasteiger partial charge in [0.2, 0.25) is 11.8 Å². The molecular weight excluding hydrogens is 387 g/mol. The van der Waals surface area contributed by atoms with Crippen LogP contribution in [0.3, 0.4) is 0 Å². The number of anilines is 1. The van der Waals surface area contributed by atoms with E-state index in [0.717, 1.165) is 17.7 Å². The zero-order valence-electron chi connectivity index (χ0n) is 15.2. The van der Waals surface area contributed by atoms with Crippen LogP contribution in [0.5, 0.6) is 0 Å². The van der Waals surface area contributed by atoms with Gasteiger partial charge in [0, 0.05) is 18.7 Å². The fourth-order valence-electron chi connectivity index (χ4n) is 3.00. The first-order valence-corrected chi connectivity index (χ1v) is 8.84. The third kappa shape index (κ3) is 5.56. The number of nitrogens with one attached hydrogen (secondary N) is 3. The minimum absolute atomic E-state index is 0.0569. The van der Waals surface area contributed by atoms with Crippen LogP contribution >= 0.6 is 0 Å². The van der Waals surface area contributed by atoms with Crippen molar-refractivity contribution in [3.8, 4) is 0 Å². The number of urea groups is 1. The lowest BCUT2D eigenvalue weighted by Crippen LogP contribution is -2.28. The molecule has 1 atom stereocenters. The van der Waals surface area contributed by atoms with Crippen molar-refractivity contribution < 1.29 is 27.6 Å². The Morgan fingerprint density at radius 1 is 1.07 bits per heavy atom. The second-order valence-corrected chi connectivity index (χ2v) is 6.72. The third-order valence-corrected chi connectivity index (χ3v) is 4.47. The van der Waals surface area contributed by atoms with Crippen molar-refractivity contribution in [3.63, 3.8) is 0 Å². The molecule has 3 N–H and O–H groups in total. The van der Waals surface area contributed by atoms with Crippen molar-refractivity contribution in [1.29, 1.82) is 0 Å². The van der Waals surface area contributed by atoms with E-state index in [0.29, 0.717) is 17.7 Å². The molecule has 6 nitrogen and oxygen atoms in total. The molecule has 0 unspecified atom stereocenters. The highest BCUT2D eigenvalue weighted by atomic mass is 19.4. The summed E-state index contributed by atoms with van der Waals surface area (Å²) >= 11 is 0. The summed E-state index contributed by atoms with van der Waals surface area (Å²) in [5.41, 5.74) is 0.886. The van der Waals surface area contributed by atoms with Gasteiger partial charge in [-0.25, -0.2) is 4.79 Å². The van der Waals surface area contributed by atoms with E-state index in [1.807, 2.05) is 0 Å². The second-order valence-electron chi connectivity index (χ2n) is 6.72. The third-order valence-electron chi connectivity index (χ3n) is 4.47. The first kappa shape index (κ1) is 20.4. The molecule has 0 aliphatic carbocycles. The van der Waals surface area contributed by atoms with E-state index < -0.39 is 23.7 Å². The topological polar surface area (TPSA) is 87.3 Å². The van der Waals surface area contributed by atoms with Crippen LogP contribution in [0.1, 0.15) is 23.1 Å². The van der Waals surface area contributed by atoms with E-state index in [1.54, 1.807) is 24.3 Å². The number of carbonyl (C=O) groups is 3. The Morgan fingerprint density at radius 3 is 2.41 bits per heavy atom. The normalized spacial score (nSPS) is 16.4. The molecule has 9 heteroatoms. The minimum Gasteiger partial charge on any atom is -0.334 e. The van der Waals surface area contributed by atoms with Gasteiger partial charge in [-0.1, -0.05) is 24.3 Å². The summed E-state index contributed by atoms with van der Waals surface area (Å²) in [5, 5.41) is 7.35. The molecule has 152 valence electrons. The number of alkyl halides is 3. The Balaban J connectivity index is 1.51. The first-order chi connectivity index (χ1) is 13.7. The SMILES string of the molecule is O=C1C[C@H](Cc2ccc(NC(=O)NCc3cccc(C(F)(F)F)c3)cc2)C(=O)N1. The van der Waals surface area contributed by atoms with Gasteiger partial charge < -0.3 is 10.6 Å². The van der Waals surface area contributed by atoms with Gasteiger partial charge in [-0.2, -0.15) is 13.2 Å². The summed E-state index contributed by atoms with van der Waals surface area (Å²) < 4.78 is 38.2. The molecule has 29 heavy (non-hydrogen) atoms. The highest BCUT2D eigenvalue weighted by Gasteiger charge is 2.31. The Bertz CT molecular complexity index is 927. The summed E-state index contributed by atoms with van der Waals surface area (Å²) in [6.45, 7) is -0.0569. The summed E-state index contributed by atoms with van der Waals surface area (Å²) in [4.78, 5) is 34.8. The molecule has 0 bridgehead atoms. The number of amides is 4. The lowest BCUT2D eigenvalue weighted by molar-refractivity contribution is -0.137. The van der Waals surface area contributed by atoms with Gasteiger partial charge in [0.25, 0.3) is 0 Å². The van der Waals surface area contributed by atoms with Gasteiger partial charge in [-0.15, -0.1) is 0 Å². The molecule has 0 aromatic heterocycles. The number of imide groups is 1. The average molecular weight is 405 g/mol. The number of rotatable bonds is 5. The largest absolute Gasteiger partial charge is 0.416 e. The number of benzene rings is 2. The number of halogens is 3. The van der Waals surface area contributed by atoms with E-state index in [-0.39, 0.29) is 24.8 Å². The lowest BCUT2D eigenvalue weighted by atomic mass is 9.98. The van der Waals surface area contributed by atoms with Crippen LogP contribution in [0, 0.1) is 5.92 Å². The number of carbonyl (C=O) groups excluding carboxylic acids is 3. The fraction of sp³-hybridized carbons (Fsp3) is 0.250. The standard InChI is InChI=1S/C20H18F3N3O3/c21-20(22,23)15-3-1-2-13(9-15)11-24-19(29)25-16-6-4-12(5-7-16)8-14-10-17(27)26-18(14)28/h1-7,9,14H,8,10-11H2,(H2,24,25,29)(H,26,27,28)/t14-/m0/s1. The Kier molecular flexibility index (Phi) is 5.86. The molecule has 2 aromatic carbocycles. The van der Waals surface area contributed by atoms with Gasteiger partial charge in [0.05, 0.1) is 11.5 Å². The van der Waals surface area contributed by atoms with E-state index >= 15 is 0 Å². The molecule has 1 fully saturated rings. The highest BCUT2D eigenvalue weighted by molar-refractivity contribution is 6.03. The zero-order chi connectivity index (χ0) is 21.0. The summed E-state index contributed by atoms with van der Waals surface area (Å²) in [5.74, 6) is -0.959. The van der Waals surface area contributed by atoms with Gasteiger partial charge >= 0.3 is 12.2 Å². The van der Waals surface area contributed by atoms with Crippen LogP contribution in [0.15, 0.2) is 48.5 Å². The average Bonchev–Trinajstić information content (AvgIpc) is 2.98. The van der Waals surface area contributed by atoms with Crippen LogP contribution in [0.2, 0.25) is 0 Å². The van der Waals surface area contributed by atoms with E-state index in [1.165, 1.54) is 12.1 Å². The molecule has 1 aliphatic rings. The highest BCUT2D eigenvalue weighted by Crippen LogP contribution is 2.29. The van der Waals surface area contributed by atoms with Crippen LogP contribution in [-0.2, 0) is 28.7 Å². The van der Waals surface area contributed by atoms with Gasteiger partial charge in [-0.05, 0) is 41.8 Å². The maximum absolute atomic E-state index is 12.7. The monoisotopic (exact) mass is 405 g/mol. The predicted molar refractivity (Wildman–Crippen MR) is 98.7 cm³/mol. The molecule has 2 aromatic rings. The maximum atomic E-state index is 12.7. The van der Waals surface area contributed by atoms with Crippen molar-refractivity contribution in [2.45, 2.75) is 25.6 Å². The Morgan fingerprint density at radius 2 is 1.79 bits per heavy atom. The van der Waals surface area contributed by atoms with Crippen molar-refractivity contribution >= 4 is 23.5 Å². The van der Waals surface area contributed by atoms with Gasteiger partial charge in [0.15, 0.2) is 0 Å². The summed E-state index contributed by atoms with van der Waals surface area (Å²) in [6.07, 6.45) is -3.86. The van der Waals surface area contributed by atoms with Crippen LogP contribution in [-0.4, -0.2) is 17.8 Å². The van der Waals surface area contributed by atoms with Gasteiger partial charge in [0.1, 0.15) is 0 Å². The maximum Gasteiger partial charge on any atom is 0.416 e. The van der Waals surface area contributed by atoms with Crippen LogP contribution in [0.4, 0.5) is 23.7 Å². The Labute approximate surface area is 164 Å². The molecule has 0 spiro atoms. The van der Waals surface area contributed by atoms with Crippen LogP contribution in [0.25, 0.3) is 0 Å². The molecule has 1 heterocycles. The lowest BCUT2D eigenvalue weighted by Gasteiger charge is -2.11. The van der Waals surface area contributed by atoms with E-state index in [4.69, 9.17) is 0 Å². The smallest absolute Gasteiger partial charge is 0.334 e. The minimum atomic E-state index is -4.44. The fourth-order valence-corrected chi connectivity index (χ4v) is 3.00. The molecule has 1 aliphatic heterocycles. The van der Waals surface area contributed by atoms with E-state index in [9.17, 15) is 27.6 Å². The van der Waals surface area contributed by atoms with Crippen molar-refractivity contribution in [1.82, 2.24) is 10.6 Å². The Hall–Kier alpha value is -3.36. The van der Waals surface area contributed by atoms with Crippen LogP contribution < -0.4 is 16.0 Å². The molecule has 0 radical (unpaired) electrons. The number of hydrogen-bond donors (Lipinski definition) is 3. The summed E-state index contributed by atoms with van der Waals surface area (Å²) in [6, 6.07) is 10.9. The molecule has 4 amide bonds. The van der Waals surface area contributed by atoms with Crippen molar-refractivity contribution in [2.24, 2.45) is 5.92 Å². The zero-order valence-corrected chi connectivity index (χ0v) is 15.2. The van der Waals surface area contributed by atoms with Crippen molar-refractivity contribution in [3.05, 3.63) is 65.2 Å². The molecule has 1 saturated heterocycles. The second kappa shape index (κ2) is 8.34. The van der Waals surface area contributed by atoms with E-state index in [2.05, 4.69) is 16.0 Å². The van der Waals surface area contributed by atoms with Crippen molar-refractivity contribution in [2.75, 3.05) is 5.32 Å². The predicted octanol–water partition coefficient (Wildman–Crippen LogP) is 3.23. The molecular formula is C20H18F3N3O3.